The van der Waals surface area contributed by atoms with Crippen molar-refractivity contribution in [1.82, 2.24) is 0 Å². The largest absolute Gasteiger partial charge is 0.372 e. The summed E-state index contributed by atoms with van der Waals surface area (Å²) in [7, 11) is 0. The Morgan fingerprint density at radius 3 is 2.29 bits per heavy atom. The molecule has 3 aromatic rings. The lowest BCUT2D eigenvalue weighted by atomic mass is 9.78. The Hall–Kier alpha value is -2.46. The molecule has 2 aliphatic rings. The van der Waals surface area contributed by atoms with Gasteiger partial charge >= 0.3 is 0 Å². The Kier molecular flexibility index (Phi) is 5.43. The Morgan fingerprint density at radius 1 is 0.774 bits per heavy atom. The number of anilines is 2. The molecule has 2 atom stereocenters. The van der Waals surface area contributed by atoms with E-state index in [0.717, 1.165) is 33.8 Å². The van der Waals surface area contributed by atoms with Gasteiger partial charge in [-0.3, -0.25) is 4.79 Å². The van der Waals surface area contributed by atoms with E-state index in [1.165, 1.54) is 0 Å². The lowest BCUT2D eigenvalue weighted by molar-refractivity contribution is -0.116. The van der Waals surface area contributed by atoms with Gasteiger partial charge in [0.25, 0.3) is 0 Å². The van der Waals surface area contributed by atoms with Crippen molar-refractivity contribution in [3.05, 3.63) is 104 Å². The third kappa shape index (κ3) is 3.82. The Balaban J connectivity index is 1.63. The molecule has 156 valence electrons. The molecule has 0 bridgehead atoms. The van der Waals surface area contributed by atoms with Gasteiger partial charge in [-0.25, -0.2) is 0 Å². The number of allylic oxidation sites excluding steroid dienone is 1. The number of hydrogen-bond acceptors (Lipinski definition) is 3. The number of Topliss-reactive ketones (excluding diaryl/α,β-unsaturated/α-hetero) is 1. The van der Waals surface area contributed by atoms with Crippen molar-refractivity contribution in [3.63, 3.8) is 0 Å². The summed E-state index contributed by atoms with van der Waals surface area (Å²) in [6.45, 7) is 0. The number of benzene rings is 3. The molecule has 0 amide bonds. The summed E-state index contributed by atoms with van der Waals surface area (Å²) < 4.78 is 0. The Bertz CT molecular complexity index is 1220. The molecule has 2 unspecified atom stereocenters. The van der Waals surface area contributed by atoms with Crippen molar-refractivity contribution in [3.8, 4) is 0 Å². The lowest BCUT2D eigenvalue weighted by Gasteiger charge is -2.30. The van der Waals surface area contributed by atoms with Crippen LogP contribution in [0.1, 0.15) is 35.9 Å². The molecule has 6 heteroatoms. The van der Waals surface area contributed by atoms with E-state index >= 15 is 0 Å². The number of carbonyl (C=O) groups is 1. The molecule has 1 aliphatic heterocycles. The van der Waals surface area contributed by atoms with Crippen LogP contribution in [0.4, 0.5) is 11.4 Å². The number of halogens is 3. The zero-order valence-electron chi connectivity index (χ0n) is 16.5. The molecular weight excluding hydrogens is 451 g/mol. The lowest BCUT2D eigenvalue weighted by Crippen LogP contribution is -2.27. The molecule has 1 aliphatic carbocycles. The van der Waals surface area contributed by atoms with Gasteiger partial charge in [0, 0.05) is 22.7 Å². The number of ketones is 1. The highest BCUT2D eigenvalue weighted by Gasteiger charge is 2.36. The quantitative estimate of drug-likeness (QED) is 0.405. The molecule has 0 fully saturated rings. The summed E-state index contributed by atoms with van der Waals surface area (Å²) in [4.78, 5) is 13.5. The fraction of sp³-hybridized carbons (Fsp3) is 0.160. The van der Waals surface area contributed by atoms with Gasteiger partial charge in [-0.15, -0.1) is 0 Å². The first-order valence-corrected chi connectivity index (χ1v) is 11.2. The van der Waals surface area contributed by atoms with Crippen LogP contribution in [0.2, 0.25) is 15.1 Å². The Labute approximate surface area is 196 Å². The zero-order chi connectivity index (χ0) is 21.5. The first-order chi connectivity index (χ1) is 15.0. The average molecular weight is 470 g/mol. The summed E-state index contributed by atoms with van der Waals surface area (Å²) in [6.07, 6.45) is 1.10. The van der Waals surface area contributed by atoms with Crippen LogP contribution >= 0.6 is 34.8 Å². The first-order valence-electron chi connectivity index (χ1n) is 10.1. The average Bonchev–Trinajstić information content (AvgIpc) is 2.93. The molecule has 3 aromatic carbocycles. The third-order valence-electron chi connectivity index (χ3n) is 5.93. The second kappa shape index (κ2) is 8.23. The van der Waals surface area contributed by atoms with Gasteiger partial charge in [0.2, 0.25) is 0 Å². The van der Waals surface area contributed by atoms with Crippen LogP contribution in [0.25, 0.3) is 0 Å². The van der Waals surface area contributed by atoms with Gasteiger partial charge < -0.3 is 10.6 Å². The van der Waals surface area contributed by atoms with Gasteiger partial charge in [-0.1, -0.05) is 71.2 Å². The number of carbonyl (C=O) groups excluding carboxylic acids is 1. The van der Waals surface area contributed by atoms with E-state index in [9.17, 15) is 4.79 Å². The minimum absolute atomic E-state index is 0.0205. The van der Waals surface area contributed by atoms with E-state index in [4.69, 9.17) is 34.8 Å². The maximum Gasteiger partial charge on any atom is 0.163 e. The molecule has 1 heterocycles. The fourth-order valence-corrected chi connectivity index (χ4v) is 5.06. The van der Waals surface area contributed by atoms with E-state index < -0.39 is 0 Å². The highest BCUT2D eigenvalue weighted by atomic mass is 35.5. The van der Waals surface area contributed by atoms with Crippen LogP contribution in [-0.2, 0) is 4.79 Å². The minimum atomic E-state index is -0.333. The molecule has 5 rings (SSSR count). The van der Waals surface area contributed by atoms with Gasteiger partial charge in [0.15, 0.2) is 5.78 Å². The van der Waals surface area contributed by atoms with Gasteiger partial charge in [-0.2, -0.15) is 0 Å². The minimum Gasteiger partial charge on any atom is -0.372 e. The van der Waals surface area contributed by atoms with E-state index in [2.05, 4.69) is 10.6 Å². The Morgan fingerprint density at radius 2 is 1.52 bits per heavy atom. The smallest absolute Gasteiger partial charge is 0.163 e. The van der Waals surface area contributed by atoms with Crippen LogP contribution in [-0.4, -0.2) is 5.78 Å². The standard InChI is InChI=1S/C25H19Cl3N2O/c26-17-6-2-1-5-16(17)15-12-22-24(23(31)13-15)25(14-9-10-18(27)19(28)11-14)30-21-8-4-3-7-20(21)29-22/h1-11,15,25,29-30H,12-13H2. The van der Waals surface area contributed by atoms with Crippen LogP contribution in [0.3, 0.4) is 0 Å². The van der Waals surface area contributed by atoms with E-state index in [0.29, 0.717) is 27.9 Å². The third-order valence-corrected chi connectivity index (χ3v) is 7.01. The summed E-state index contributed by atoms with van der Waals surface area (Å²) in [6, 6.07) is 20.9. The second-order valence-corrected chi connectivity index (χ2v) is 9.09. The normalized spacial score (nSPS) is 20.3. The number of para-hydroxylation sites is 2. The maximum atomic E-state index is 13.5. The fourth-order valence-electron chi connectivity index (χ4n) is 4.46. The monoisotopic (exact) mass is 468 g/mol. The van der Waals surface area contributed by atoms with Crippen LogP contribution in [0.15, 0.2) is 78.0 Å². The highest BCUT2D eigenvalue weighted by Crippen LogP contribution is 2.45. The van der Waals surface area contributed by atoms with E-state index in [1.54, 1.807) is 6.07 Å². The summed E-state index contributed by atoms with van der Waals surface area (Å²) in [5.41, 5.74) is 5.40. The van der Waals surface area contributed by atoms with Crippen molar-refractivity contribution >= 4 is 52.0 Å². The maximum absolute atomic E-state index is 13.5. The zero-order valence-corrected chi connectivity index (χ0v) is 18.7. The summed E-state index contributed by atoms with van der Waals surface area (Å²) in [5.74, 6) is 0.113. The highest BCUT2D eigenvalue weighted by molar-refractivity contribution is 6.42. The first kappa shape index (κ1) is 20.4. The van der Waals surface area contributed by atoms with Crippen molar-refractivity contribution in [2.24, 2.45) is 0 Å². The van der Waals surface area contributed by atoms with Gasteiger partial charge in [0.05, 0.1) is 27.5 Å². The van der Waals surface area contributed by atoms with Crippen molar-refractivity contribution < 1.29 is 4.79 Å². The van der Waals surface area contributed by atoms with Crippen molar-refractivity contribution in [1.29, 1.82) is 0 Å². The predicted octanol–water partition coefficient (Wildman–Crippen LogP) is 7.63. The van der Waals surface area contributed by atoms with Crippen molar-refractivity contribution in [2.45, 2.75) is 24.8 Å². The molecule has 2 N–H and O–H groups in total. The summed E-state index contributed by atoms with van der Waals surface area (Å²) in [5, 5.41) is 8.72. The molecule has 31 heavy (non-hydrogen) atoms. The summed E-state index contributed by atoms with van der Waals surface area (Å²) >= 11 is 18.9. The number of nitrogens with one attached hydrogen (secondary N) is 2. The van der Waals surface area contributed by atoms with E-state index in [-0.39, 0.29) is 17.7 Å². The molecule has 0 aromatic heterocycles. The van der Waals surface area contributed by atoms with Crippen LogP contribution in [0.5, 0.6) is 0 Å². The van der Waals surface area contributed by atoms with Crippen LogP contribution in [0, 0.1) is 0 Å². The predicted molar refractivity (Wildman–Crippen MR) is 128 cm³/mol. The van der Waals surface area contributed by atoms with Crippen molar-refractivity contribution in [2.75, 3.05) is 10.6 Å². The molecule has 3 nitrogen and oxygen atoms in total. The molecule has 0 saturated carbocycles. The van der Waals surface area contributed by atoms with Crippen LogP contribution < -0.4 is 10.6 Å². The number of fused-ring (bicyclic) bond motifs is 1. The number of rotatable bonds is 2. The van der Waals surface area contributed by atoms with Gasteiger partial charge in [-0.05, 0) is 53.8 Å². The molecule has 0 radical (unpaired) electrons. The molecular formula is C25H19Cl3N2O. The SMILES string of the molecule is O=C1CC(c2ccccc2Cl)CC2=C1C(c1ccc(Cl)c(Cl)c1)Nc1ccccc1N2. The molecule has 0 spiro atoms. The second-order valence-electron chi connectivity index (χ2n) is 7.86. The number of hydrogen-bond donors (Lipinski definition) is 2. The molecule has 0 saturated heterocycles. The van der Waals surface area contributed by atoms with E-state index in [1.807, 2.05) is 60.7 Å². The van der Waals surface area contributed by atoms with Gasteiger partial charge in [0.1, 0.15) is 0 Å². The topological polar surface area (TPSA) is 41.1 Å².